The number of allylic oxidation sites excluding steroid dienone is 2. The highest BCUT2D eigenvalue weighted by atomic mass is 32.2. The van der Waals surface area contributed by atoms with E-state index in [1.807, 2.05) is 19.9 Å². The van der Waals surface area contributed by atoms with Crippen LogP contribution < -0.4 is 10.3 Å². The second-order valence-corrected chi connectivity index (χ2v) is 19.8. The van der Waals surface area contributed by atoms with Gasteiger partial charge in [-0.3, -0.25) is 19.8 Å². The van der Waals surface area contributed by atoms with Gasteiger partial charge in [-0.25, -0.2) is 8.42 Å². The largest absolute Gasteiger partial charge is 0.462 e. The highest BCUT2D eigenvalue weighted by Crippen LogP contribution is 2.75. The lowest BCUT2D eigenvalue weighted by Crippen LogP contribution is -2.67. The van der Waals surface area contributed by atoms with Gasteiger partial charge in [0.2, 0.25) is 5.91 Å². The van der Waals surface area contributed by atoms with E-state index in [9.17, 15) is 22.8 Å². The summed E-state index contributed by atoms with van der Waals surface area (Å²) >= 11 is 0. The summed E-state index contributed by atoms with van der Waals surface area (Å²) in [5.74, 6) is -0.201. The van der Waals surface area contributed by atoms with Gasteiger partial charge in [0.25, 0.3) is 10.0 Å². The van der Waals surface area contributed by atoms with Crippen molar-refractivity contribution in [3.8, 4) is 0 Å². The molecular weight excluding hydrogens is 625 g/mol. The average molecular weight is 681 g/mol. The minimum absolute atomic E-state index is 0.0397. The van der Waals surface area contributed by atoms with E-state index in [0.29, 0.717) is 12.8 Å². The number of benzene rings is 1. The summed E-state index contributed by atoms with van der Waals surface area (Å²) in [6.07, 6.45) is 9.44. The molecular formula is C39H56N2O6S. The first-order valence-corrected chi connectivity index (χ1v) is 19.4. The zero-order chi connectivity index (χ0) is 35.3. The molecule has 9 atom stereocenters. The van der Waals surface area contributed by atoms with Crippen LogP contribution in [0.4, 0.5) is 0 Å². The van der Waals surface area contributed by atoms with Crippen LogP contribution >= 0.6 is 0 Å². The highest BCUT2D eigenvalue weighted by Gasteiger charge is 2.70. The van der Waals surface area contributed by atoms with Crippen LogP contribution in [0.25, 0.3) is 0 Å². The number of hydrogen-bond acceptors (Lipinski definition) is 6. The summed E-state index contributed by atoms with van der Waals surface area (Å²) in [5.41, 5.74) is 2.96. The molecule has 1 aromatic carbocycles. The van der Waals surface area contributed by atoms with Crippen LogP contribution in [0.2, 0.25) is 0 Å². The van der Waals surface area contributed by atoms with Gasteiger partial charge in [-0.15, -0.1) is 4.83 Å². The summed E-state index contributed by atoms with van der Waals surface area (Å²) < 4.78 is 31.8. The van der Waals surface area contributed by atoms with E-state index in [-0.39, 0.29) is 73.5 Å². The van der Waals surface area contributed by atoms with Gasteiger partial charge in [0.15, 0.2) is 5.78 Å². The molecule has 4 saturated carbocycles. The van der Waals surface area contributed by atoms with E-state index in [1.165, 1.54) is 24.6 Å². The van der Waals surface area contributed by atoms with Crippen molar-refractivity contribution in [2.45, 2.75) is 131 Å². The molecule has 0 aromatic heterocycles. The van der Waals surface area contributed by atoms with Gasteiger partial charge in [0, 0.05) is 23.7 Å². The van der Waals surface area contributed by atoms with Crippen LogP contribution in [-0.2, 0) is 29.1 Å². The van der Waals surface area contributed by atoms with Gasteiger partial charge >= 0.3 is 5.97 Å². The van der Waals surface area contributed by atoms with Crippen molar-refractivity contribution in [3.05, 3.63) is 41.5 Å². The number of sulfonamides is 1. The SMILES string of the molecule is CC(=O)O[C@H]1CC[C@]2(C)[C@H]3C(=O)C=C4[C@@H]5C[C@@](C)(C(=O)NNS(=O)(=O)c6ccc(C)cc6)CC[C@]5(C)CC[C@@]4(C)[C@]3(C)CC[C@H]2C1(C)C. The number of nitrogens with one attached hydrogen (secondary N) is 2. The minimum atomic E-state index is -3.93. The second-order valence-electron chi connectivity index (χ2n) is 18.1. The molecule has 0 aliphatic heterocycles. The van der Waals surface area contributed by atoms with E-state index in [1.54, 1.807) is 12.1 Å². The molecule has 5 aliphatic rings. The van der Waals surface area contributed by atoms with Crippen molar-refractivity contribution >= 4 is 27.7 Å². The normalized spacial score (nSPS) is 41.9. The molecule has 1 amide bonds. The predicted octanol–water partition coefficient (Wildman–Crippen LogP) is 7.22. The Morgan fingerprint density at radius 1 is 0.875 bits per heavy atom. The van der Waals surface area contributed by atoms with E-state index >= 15 is 0 Å². The molecule has 5 aliphatic carbocycles. The number of fused-ring (bicyclic) bond motifs is 7. The molecule has 4 fully saturated rings. The van der Waals surface area contributed by atoms with Crippen molar-refractivity contribution < 1.29 is 27.5 Å². The zero-order valence-corrected chi connectivity index (χ0v) is 31.2. The van der Waals surface area contributed by atoms with Gasteiger partial charge in [-0.1, -0.05) is 71.7 Å². The molecule has 0 unspecified atom stereocenters. The molecule has 9 heteroatoms. The van der Waals surface area contributed by atoms with Crippen LogP contribution in [0.3, 0.4) is 0 Å². The number of hydrogen-bond donors (Lipinski definition) is 2. The number of rotatable bonds is 5. The molecule has 2 N–H and O–H groups in total. The third-order valence-electron chi connectivity index (χ3n) is 15.0. The first-order valence-electron chi connectivity index (χ1n) is 18.0. The van der Waals surface area contributed by atoms with Crippen LogP contribution in [0.5, 0.6) is 0 Å². The van der Waals surface area contributed by atoms with E-state index in [2.05, 4.69) is 51.8 Å². The van der Waals surface area contributed by atoms with Gasteiger partial charge in [-0.2, -0.15) is 0 Å². The summed E-state index contributed by atoms with van der Waals surface area (Å²) in [6, 6.07) is 6.51. The molecule has 0 saturated heterocycles. The molecule has 0 spiro atoms. The number of hydrazine groups is 1. The molecule has 264 valence electrons. The van der Waals surface area contributed by atoms with Gasteiger partial charge in [0.1, 0.15) is 6.10 Å². The smallest absolute Gasteiger partial charge is 0.302 e. The number of amides is 1. The van der Waals surface area contributed by atoms with Crippen LogP contribution in [0.15, 0.2) is 40.8 Å². The Labute approximate surface area is 287 Å². The summed E-state index contributed by atoms with van der Waals surface area (Å²) in [4.78, 5) is 43.0. The molecule has 8 nitrogen and oxygen atoms in total. The Morgan fingerprint density at radius 2 is 1.52 bits per heavy atom. The molecule has 48 heavy (non-hydrogen) atoms. The topological polar surface area (TPSA) is 119 Å². The van der Waals surface area contributed by atoms with Gasteiger partial charge in [0.05, 0.1) is 4.90 Å². The average Bonchev–Trinajstić information content (AvgIpc) is 2.99. The van der Waals surface area contributed by atoms with Crippen molar-refractivity contribution in [3.63, 3.8) is 0 Å². The maximum absolute atomic E-state index is 14.7. The number of ether oxygens (including phenoxy) is 1. The first kappa shape index (κ1) is 35.3. The summed E-state index contributed by atoms with van der Waals surface area (Å²) in [7, 11) is -3.93. The van der Waals surface area contributed by atoms with Crippen LogP contribution in [0.1, 0.15) is 119 Å². The predicted molar refractivity (Wildman–Crippen MR) is 185 cm³/mol. The molecule has 6 rings (SSSR count). The maximum Gasteiger partial charge on any atom is 0.302 e. The summed E-state index contributed by atoms with van der Waals surface area (Å²) in [5, 5.41) is 0. The summed E-state index contributed by atoms with van der Waals surface area (Å²) in [6.45, 7) is 19.2. The Balaban J connectivity index is 1.29. The van der Waals surface area contributed by atoms with E-state index in [0.717, 1.165) is 50.5 Å². The standard InChI is InChI=1S/C39H56N2O6S/c1-24-10-12-26(13-11-24)48(45,46)41-40-33(44)36(6)19-18-35(5)20-21-38(8)27(28(35)23-36)22-29(43)32-37(7)16-15-31(47-25(2)42)34(3,4)30(37)14-17-39(32,38)9/h10-13,22,28,30-32,41H,14-21,23H2,1-9H3,(H,40,44)/t28-,30-,31-,32+,35+,36-,37-,38+,39+/m0/s1. The monoisotopic (exact) mass is 680 g/mol. The van der Waals surface area contributed by atoms with Crippen molar-refractivity contribution in [2.75, 3.05) is 0 Å². The lowest BCUT2D eigenvalue weighted by Gasteiger charge is -2.70. The van der Waals surface area contributed by atoms with Crippen molar-refractivity contribution in [1.82, 2.24) is 10.3 Å². The Morgan fingerprint density at radius 3 is 2.17 bits per heavy atom. The van der Waals surface area contributed by atoms with Crippen molar-refractivity contribution in [1.29, 1.82) is 0 Å². The maximum atomic E-state index is 14.7. The minimum Gasteiger partial charge on any atom is -0.462 e. The quantitative estimate of drug-likeness (QED) is 0.251. The molecule has 0 bridgehead atoms. The van der Waals surface area contributed by atoms with Crippen LogP contribution in [-0.4, -0.2) is 32.2 Å². The highest BCUT2D eigenvalue weighted by molar-refractivity contribution is 7.89. The van der Waals surface area contributed by atoms with Crippen LogP contribution in [0, 0.1) is 57.2 Å². The van der Waals surface area contributed by atoms with Gasteiger partial charge in [-0.05, 0) is 116 Å². The lowest BCUT2D eigenvalue weighted by molar-refractivity contribution is -0.210. The molecule has 1 aromatic rings. The number of ketones is 1. The Kier molecular flexibility index (Phi) is 8.27. The number of aryl methyl sites for hydroxylation is 1. The lowest BCUT2D eigenvalue weighted by atomic mass is 9.33. The third-order valence-corrected chi connectivity index (χ3v) is 16.3. The van der Waals surface area contributed by atoms with Crippen molar-refractivity contribution in [2.24, 2.45) is 50.2 Å². The Hall–Kier alpha value is -2.52. The number of carbonyl (C=O) groups is 3. The second kappa shape index (κ2) is 11.2. The van der Waals surface area contributed by atoms with Gasteiger partial charge < -0.3 is 4.74 Å². The zero-order valence-electron chi connectivity index (χ0n) is 30.4. The fourth-order valence-electron chi connectivity index (χ4n) is 11.8. The Bertz CT molecular complexity index is 1670. The van der Waals surface area contributed by atoms with E-state index in [4.69, 9.17) is 4.74 Å². The molecule has 0 radical (unpaired) electrons. The number of carbonyl (C=O) groups excluding carboxylic acids is 3. The third kappa shape index (κ3) is 5.15. The molecule has 0 heterocycles. The number of esters is 1. The van der Waals surface area contributed by atoms with E-state index < -0.39 is 15.4 Å². The fraction of sp³-hybridized carbons (Fsp3) is 0.718. The first-order chi connectivity index (χ1) is 22.1. The fourth-order valence-corrected chi connectivity index (χ4v) is 12.7.